The first-order valence-electron chi connectivity index (χ1n) is 5.15. The maximum Gasteiger partial charge on any atom is 0.274 e. The van der Waals surface area contributed by atoms with Gasteiger partial charge in [-0.05, 0) is 24.3 Å². The van der Waals surface area contributed by atoms with E-state index in [0.29, 0.717) is 0 Å². The molecule has 2 rings (SSSR count). The van der Waals surface area contributed by atoms with E-state index in [9.17, 15) is 9.59 Å². The van der Waals surface area contributed by atoms with E-state index in [1.54, 1.807) is 30.3 Å². The first-order chi connectivity index (χ1) is 8.68. The molecule has 0 radical (unpaired) electrons. The van der Waals surface area contributed by atoms with Crippen molar-refractivity contribution in [3.63, 3.8) is 0 Å². The molecular weight excluding hydrogens is 232 g/mol. The molecule has 0 atom stereocenters. The zero-order chi connectivity index (χ0) is 13.0. The summed E-state index contributed by atoms with van der Waals surface area (Å²) in [4.78, 5) is 30.7. The number of carbonyl (C=O) groups excluding carboxylic acids is 2. The molecule has 0 aromatic carbocycles. The minimum Gasteiger partial charge on any atom is -0.364 e. The molecule has 2 aromatic rings. The van der Waals surface area contributed by atoms with Gasteiger partial charge in [-0.15, -0.1) is 0 Å². The molecule has 18 heavy (non-hydrogen) atoms. The lowest BCUT2D eigenvalue weighted by Crippen LogP contribution is -2.20. The highest BCUT2D eigenvalue weighted by atomic mass is 16.2. The molecule has 6 heteroatoms. The van der Waals surface area contributed by atoms with Gasteiger partial charge in [0, 0.05) is 12.4 Å². The van der Waals surface area contributed by atoms with Crippen LogP contribution < -0.4 is 11.1 Å². The number of anilines is 1. The number of carbonyl (C=O) groups is 2. The van der Waals surface area contributed by atoms with Gasteiger partial charge in [-0.1, -0.05) is 6.07 Å². The summed E-state index contributed by atoms with van der Waals surface area (Å²) in [6.07, 6.45) is 2.93. The minimum absolute atomic E-state index is 0.0155. The van der Waals surface area contributed by atoms with Crippen LogP contribution in [0.2, 0.25) is 0 Å². The Labute approximate surface area is 103 Å². The van der Waals surface area contributed by atoms with E-state index in [1.807, 2.05) is 0 Å². The van der Waals surface area contributed by atoms with Crippen molar-refractivity contribution in [2.45, 2.75) is 0 Å². The predicted octanol–water partition coefficient (Wildman–Crippen LogP) is 0.828. The van der Waals surface area contributed by atoms with Crippen LogP contribution >= 0.6 is 0 Å². The van der Waals surface area contributed by atoms with Crippen LogP contribution in [-0.2, 0) is 0 Å². The van der Waals surface area contributed by atoms with Crippen LogP contribution in [0, 0.1) is 0 Å². The summed E-state index contributed by atoms with van der Waals surface area (Å²) in [7, 11) is 0. The molecule has 0 saturated carbocycles. The zero-order valence-electron chi connectivity index (χ0n) is 9.33. The highest BCUT2D eigenvalue weighted by Gasteiger charge is 2.13. The van der Waals surface area contributed by atoms with Gasteiger partial charge in [0.2, 0.25) is 0 Å². The number of nitrogens with zero attached hydrogens (tertiary/aromatic N) is 2. The maximum absolute atomic E-state index is 11.8. The molecule has 0 fully saturated rings. The smallest absolute Gasteiger partial charge is 0.274 e. The van der Waals surface area contributed by atoms with Gasteiger partial charge in [0.25, 0.3) is 11.8 Å². The first-order valence-corrected chi connectivity index (χ1v) is 5.15. The number of pyridine rings is 2. The molecule has 90 valence electrons. The SMILES string of the molecule is NC(=O)c1ncccc1NC(=O)c1ccccn1. The van der Waals surface area contributed by atoms with Crippen LogP contribution in [0.3, 0.4) is 0 Å². The molecule has 0 aliphatic heterocycles. The van der Waals surface area contributed by atoms with E-state index < -0.39 is 11.8 Å². The first kappa shape index (κ1) is 11.7. The molecule has 2 amide bonds. The maximum atomic E-state index is 11.8. The Balaban J connectivity index is 2.25. The van der Waals surface area contributed by atoms with Gasteiger partial charge in [-0.2, -0.15) is 0 Å². The normalized spacial score (nSPS) is 9.78. The molecule has 0 unspecified atom stereocenters. The number of primary amides is 1. The van der Waals surface area contributed by atoms with Crippen LogP contribution in [0.5, 0.6) is 0 Å². The second kappa shape index (κ2) is 5.05. The van der Waals surface area contributed by atoms with E-state index in [4.69, 9.17) is 5.73 Å². The number of rotatable bonds is 3. The molecule has 6 nitrogen and oxygen atoms in total. The molecule has 0 saturated heterocycles. The number of hydrogen-bond acceptors (Lipinski definition) is 4. The van der Waals surface area contributed by atoms with Gasteiger partial charge in [0.15, 0.2) is 5.69 Å². The van der Waals surface area contributed by atoms with Crippen LogP contribution in [0.4, 0.5) is 5.69 Å². The third-order valence-corrected chi connectivity index (χ3v) is 2.19. The monoisotopic (exact) mass is 242 g/mol. The van der Waals surface area contributed by atoms with Gasteiger partial charge >= 0.3 is 0 Å². The van der Waals surface area contributed by atoms with E-state index in [2.05, 4.69) is 15.3 Å². The summed E-state index contributed by atoms with van der Waals surface area (Å²) in [5.74, 6) is -1.13. The standard InChI is InChI=1S/C12H10N4O2/c13-11(17)10-8(5-3-7-15-10)16-12(18)9-4-1-2-6-14-9/h1-7H,(H2,13,17)(H,16,18). The summed E-state index contributed by atoms with van der Waals surface area (Å²) in [5, 5.41) is 2.54. The molecule has 0 bridgehead atoms. The van der Waals surface area contributed by atoms with Crippen molar-refractivity contribution in [1.82, 2.24) is 9.97 Å². The number of hydrogen-bond donors (Lipinski definition) is 2. The van der Waals surface area contributed by atoms with Gasteiger partial charge in [-0.3, -0.25) is 14.6 Å². The van der Waals surface area contributed by atoms with Crippen LogP contribution in [0.15, 0.2) is 42.7 Å². The second-order valence-corrected chi connectivity index (χ2v) is 3.43. The predicted molar refractivity (Wildman–Crippen MR) is 64.9 cm³/mol. The molecule has 0 aliphatic carbocycles. The summed E-state index contributed by atoms with van der Waals surface area (Å²) in [6, 6.07) is 8.11. The van der Waals surface area contributed by atoms with Crippen LogP contribution in [0.1, 0.15) is 21.0 Å². The van der Waals surface area contributed by atoms with E-state index in [0.717, 1.165) is 0 Å². The van der Waals surface area contributed by atoms with Gasteiger partial charge < -0.3 is 11.1 Å². The highest BCUT2D eigenvalue weighted by Crippen LogP contribution is 2.12. The Morgan fingerprint density at radius 3 is 2.50 bits per heavy atom. The fraction of sp³-hybridized carbons (Fsp3) is 0. The number of aromatic nitrogens is 2. The van der Waals surface area contributed by atoms with Crippen LogP contribution in [-0.4, -0.2) is 21.8 Å². The van der Waals surface area contributed by atoms with Crippen molar-refractivity contribution in [1.29, 1.82) is 0 Å². The van der Waals surface area contributed by atoms with E-state index in [-0.39, 0.29) is 17.1 Å². The average Bonchev–Trinajstić information content (AvgIpc) is 2.40. The fourth-order valence-corrected chi connectivity index (χ4v) is 1.39. The molecule has 0 aliphatic rings. The Morgan fingerprint density at radius 1 is 1.06 bits per heavy atom. The Kier molecular flexibility index (Phi) is 3.29. The minimum atomic E-state index is -0.702. The lowest BCUT2D eigenvalue weighted by molar-refractivity contribution is 0.0996. The average molecular weight is 242 g/mol. The largest absolute Gasteiger partial charge is 0.364 e. The molecule has 0 spiro atoms. The quantitative estimate of drug-likeness (QED) is 0.832. The Hall–Kier alpha value is -2.76. The fourth-order valence-electron chi connectivity index (χ4n) is 1.39. The lowest BCUT2D eigenvalue weighted by atomic mass is 10.2. The molecule has 2 aromatic heterocycles. The van der Waals surface area contributed by atoms with Crippen molar-refractivity contribution < 1.29 is 9.59 Å². The summed E-state index contributed by atoms with van der Waals surface area (Å²) >= 11 is 0. The van der Waals surface area contributed by atoms with Gasteiger partial charge in [0.1, 0.15) is 5.69 Å². The summed E-state index contributed by atoms with van der Waals surface area (Å²) in [5.41, 5.74) is 5.69. The zero-order valence-corrected chi connectivity index (χ0v) is 9.33. The van der Waals surface area contributed by atoms with Crippen molar-refractivity contribution in [2.75, 3.05) is 5.32 Å². The number of amides is 2. The summed E-state index contributed by atoms with van der Waals surface area (Å²) in [6.45, 7) is 0. The molecule has 2 heterocycles. The highest BCUT2D eigenvalue weighted by molar-refractivity contribution is 6.06. The van der Waals surface area contributed by atoms with Crippen molar-refractivity contribution in [3.8, 4) is 0 Å². The lowest BCUT2D eigenvalue weighted by Gasteiger charge is -2.07. The van der Waals surface area contributed by atoms with Crippen molar-refractivity contribution in [3.05, 3.63) is 54.1 Å². The Bertz CT molecular complexity index is 584. The number of nitrogens with one attached hydrogen (secondary N) is 1. The molecule has 3 N–H and O–H groups in total. The van der Waals surface area contributed by atoms with Gasteiger partial charge in [-0.25, -0.2) is 4.98 Å². The van der Waals surface area contributed by atoms with Gasteiger partial charge in [0.05, 0.1) is 5.69 Å². The van der Waals surface area contributed by atoms with Crippen molar-refractivity contribution >= 4 is 17.5 Å². The second-order valence-electron chi connectivity index (χ2n) is 3.43. The summed E-state index contributed by atoms with van der Waals surface area (Å²) < 4.78 is 0. The van der Waals surface area contributed by atoms with Crippen molar-refractivity contribution in [2.24, 2.45) is 5.73 Å². The Morgan fingerprint density at radius 2 is 1.83 bits per heavy atom. The third-order valence-electron chi connectivity index (χ3n) is 2.19. The van der Waals surface area contributed by atoms with E-state index in [1.165, 1.54) is 12.4 Å². The topological polar surface area (TPSA) is 98.0 Å². The van der Waals surface area contributed by atoms with Crippen LogP contribution in [0.25, 0.3) is 0 Å². The van der Waals surface area contributed by atoms with E-state index >= 15 is 0 Å². The molecular formula is C12H10N4O2. The third kappa shape index (κ3) is 2.49. The number of nitrogens with two attached hydrogens (primary N) is 1.